The van der Waals surface area contributed by atoms with E-state index in [0.717, 1.165) is 22.6 Å². The summed E-state index contributed by atoms with van der Waals surface area (Å²) in [7, 11) is 0. The highest BCUT2D eigenvalue weighted by Gasteiger charge is 2.15. The van der Waals surface area contributed by atoms with E-state index in [-0.39, 0.29) is 5.91 Å². The van der Waals surface area contributed by atoms with Gasteiger partial charge in [-0.15, -0.1) is 0 Å². The minimum absolute atomic E-state index is 0.142. The predicted octanol–water partition coefficient (Wildman–Crippen LogP) is 3.79. The van der Waals surface area contributed by atoms with Crippen molar-refractivity contribution in [1.82, 2.24) is 5.32 Å². The number of hydrogen-bond acceptors (Lipinski definition) is 3. The lowest BCUT2D eigenvalue weighted by molar-refractivity contribution is -0.127. The van der Waals surface area contributed by atoms with E-state index in [9.17, 15) is 4.79 Å². The molecule has 0 fully saturated rings. The van der Waals surface area contributed by atoms with Crippen LogP contribution >= 0.6 is 0 Å². The number of nitrogens with one attached hydrogen (secondary N) is 1. The Morgan fingerprint density at radius 3 is 2.67 bits per heavy atom. The molecular weight excluding hydrogens is 302 g/mol. The van der Waals surface area contributed by atoms with Gasteiger partial charge in [0.15, 0.2) is 6.10 Å². The zero-order chi connectivity index (χ0) is 17.5. The minimum atomic E-state index is -0.554. The Kier molecular flexibility index (Phi) is 6.24. The van der Waals surface area contributed by atoms with Crippen LogP contribution in [0.5, 0.6) is 11.5 Å². The minimum Gasteiger partial charge on any atom is -0.494 e. The van der Waals surface area contributed by atoms with E-state index >= 15 is 0 Å². The predicted molar refractivity (Wildman–Crippen MR) is 95.5 cm³/mol. The standard InChI is InChI=1S/C20H25NO3/c1-5-23-18-8-6-7-17(12-18)13-21-20(22)16(4)24-19-10-9-14(2)11-15(19)3/h6-12,16H,5,13H2,1-4H3,(H,21,22)/t16-/m0/s1. The van der Waals surface area contributed by atoms with Gasteiger partial charge in [0.05, 0.1) is 6.61 Å². The zero-order valence-electron chi connectivity index (χ0n) is 14.8. The van der Waals surface area contributed by atoms with E-state index in [0.29, 0.717) is 13.2 Å². The van der Waals surface area contributed by atoms with Gasteiger partial charge in [0.25, 0.3) is 5.91 Å². The number of rotatable bonds is 7. The van der Waals surface area contributed by atoms with Crippen LogP contribution in [0.4, 0.5) is 0 Å². The summed E-state index contributed by atoms with van der Waals surface area (Å²) in [5.74, 6) is 1.40. The number of ether oxygens (including phenoxy) is 2. The third kappa shape index (κ3) is 5.01. The van der Waals surface area contributed by atoms with Crippen LogP contribution in [0, 0.1) is 13.8 Å². The van der Waals surface area contributed by atoms with Gasteiger partial charge in [-0.25, -0.2) is 0 Å². The van der Waals surface area contributed by atoms with E-state index in [2.05, 4.69) is 5.32 Å². The highest BCUT2D eigenvalue weighted by Crippen LogP contribution is 2.20. The molecule has 1 amide bonds. The first-order valence-corrected chi connectivity index (χ1v) is 8.23. The smallest absolute Gasteiger partial charge is 0.261 e. The summed E-state index contributed by atoms with van der Waals surface area (Å²) in [5, 5.41) is 2.90. The second-order valence-electron chi connectivity index (χ2n) is 5.83. The van der Waals surface area contributed by atoms with Gasteiger partial charge in [-0.05, 0) is 57.0 Å². The van der Waals surface area contributed by atoms with E-state index < -0.39 is 6.10 Å². The summed E-state index contributed by atoms with van der Waals surface area (Å²) >= 11 is 0. The molecule has 1 atom stereocenters. The fourth-order valence-electron chi connectivity index (χ4n) is 2.42. The monoisotopic (exact) mass is 327 g/mol. The SMILES string of the molecule is CCOc1cccc(CNC(=O)[C@H](C)Oc2ccc(C)cc2C)c1. The van der Waals surface area contributed by atoms with Crippen LogP contribution in [0.3, 0.4) is 0 Å². The summed E-state index contributed by atoms with van der Waals surface area (Å²) in [4.78, 5) is 12.2. The van der Waals surface area contributed by atoms with Crippen molar-refractivity contribution in [3.8, 4) is 11.5 Å². The number of benzene rings is 2. The third-order valence-corrected chi connectivity index (χ3v) is 3.68. The Bertz CT molecular complexity index is 697. The lowest BCUT2D eigenvalue weighted by atomic mass is 10.1. The molecule has 0 unspecified atom stereocenters. The molecule has 0 bridgehead atoms. The molecule has 0 saturated carbocycles. The molecule has 4 nitrogen and oxygen atoms in total. The normalized spacial score (nSPS) is 11.7. The number of amides is 1. The molecule has 2 rings (SSSR count). The summed E-state index contributed by atoms with van der Waals surface area (Å²) in [5.41, 5.74) is 3.19. The van der Waals surface area contributed by atoms with Gasteiger partial charge in [-0.1, -0.05) is 29.8 Å². The highest BCUT2D eigenvalue weighted by molar-refractivity contribution is 5.80. The molecule has 0 spiro atoms. The van der Waals surface area contributed by atoms with Crippen molar-refractivity contribution in [1.29, 1.82) is 0 Å². The molecule has 24 heavy (non-hydrogen) atoms. The number of aryl methyl sites for hydroxylation is 2. The molecule has 0 aromatic heterocycles. The van der Waals surface area contributed by atoms with Crippen LogP contribution in [0.15, 0.2) is 42.5 Å². The molecule has 0 aliphatic heterocycles. The van der Waals surface area contributed by atoms with Gasteiger partial charge < -0.3 is 14.8 Å². The lowest BCUT2D eigenvalue weighted by Gasteiger charge is -2.16. The van der Waals surface area contributed by atoms with Crippen molar-refractivity contribution in [2.45, 2.75) is 40.3 Å². The van der Waals surface area contributed by atoms with Crippen LogP contribution in [0.1, 0.15) is 30.5 Å². The Balaban J connectivity index is 1.90. The Labute approximate surface area is 143 Å². The maximum absolute atomic E-state index is 12.2. The summed E-state index contributed by atoms with van der Waals surface area (Å²) < 4.78 is 11.2. The maximum atomic E-state index is 12.2. The molecule has 2 aromatic rings. The summed E-state index contributed by atoms with van der Waals surface area (Å²) in [6, 6.07) is 13.6. The largest absolute Gasteiger partial charge is 0.494 e. The quantitative estimate of drug-likeness (QED) is 0.842. The molecule has 4 heteroatoms. The molecule has 0 heterocycles. The fraction of sp³-hybridized carbons (Fsp3) is 0.350. The number of hydrogen-bond donors (Lipinski definition) is 1. The average molecular weight is 327 g/mol. The topological polar surface area (TPSA) is 47.6 Å². The van der Waals surface area contributed by atoms with E-state index in [1.165, 1.54) is 5.56 Å². The Morgan fingerprint density at radius 2 is 1.96 bits per heavy atom. The molecule has 0 radical (unpaired) electrons. The first kappa shape index (κ1) is 17.9. The third-order valence-electron chi connectivity index (χ3n) is 3.68. The van der Waals surface area contributed by atoms with Crippen molar-refractivity contribution in [3.63, 3.8) is 0 Å². The van der Waals surface area contributed by atoms with E-state index in [1.54, 1.807) is 6.92 Å². The maximum Gasteiger partial charge on any atom is 0.261 e. The number of carbonyl (C=O) groups excluding carboxylic acids is 1. The highest BCUT2D eigenvalue weighted by atomic mass is 16.5. The van der Waals surface area contributed by atoms with Crippen LogP contribution in [0.25, 0.3) is 0 Å². The van der Waals surface area contributed by atoms with E-state index in [1.807, 2.05) is 63.2 Å². The first-order valence-electron chi connectivity index (χ1n) is 8.23. The van der Waals surface area contributed by atoms with Crippen molar-refractivity contribution >= 4 is 5.91 Å². The van der Waals surface area contributed by atoms with Crippen molar-refractivity contribution in [2.24, 2.45) is 0 Å². The van der Waals surface area contributed by atoms with Gasteiger partial charge in [0.2, 0.25) is 0 Å². The molecule has 0 aliphatic rings. The Morgan fingerprint density at radius 1 is 1.17 bits per heavy atom. The van der Waals surface area contributed by atoms with Crippen molar-refractivity contribution in [3.05, 3.63) is 59.2 Å². The van der Waals surface area contributed by atoms with Crippen LogP contribution < -0.4 is 14.8 Å². The van der Waals surface area contributed by atoms with Gasteiger partial charge >= 0.3 is 0 Å². The molecule has 1 N–H and O–H groups in total. The van der Waals surface area contributed by atoms with Crippen molar-refractivity contribution < 1.29 is 14.3 Å². The molecular formula is C20H25NO3. The van der Waals surface area contributed by atoms with Gasteiger partial charge in [0, 0.05) is 6.54 Å². The second-order valence-corrected chi connectivity index (χ2v) is 5.83. The van der Waals surface area contributed by atoms with Gasteiger partial charge in [-0.2, -0.15) is 0 Å². The molecule has 0 aliphatic carbocycles. The van der Waals surface area contributed by atoms with Gasteiger partial charge in [-0.3, -0.25) is 4.79 Å². The van der Waals surface area contributed by atoms with Crippen molar-refractivity contribution in [2.75, 3.05) is 6.61 Å². The van der Waals surface area contributed by atoms with Crippen LogP contribution in [0.2, 0.25) is 0 Å². The molecule has 2 aromatic carbocycles. The second kappa shape index (κ2) is 8.39. The Hall–Kier alpha value is -2.49. The van der Waals surface area contributed by atoms with Gasteiger partial charge in [0.1, 0.15) is 11.5 Å². The zero-order valence-corrected chi connectivity index (χ0v) is 14.8. The summed E-state index contributed by atoms with van der Waals surface area (Å²) in [6.07, 6.45) is -0.554. The number of carbonyl (C=O) groups is 1. The first-order chi connectivity index (χ1) is 11.5. The fourth-order valence-corrected chi connectivity index (χ4v) is 2.42. The van der Waals surface area contributed by atoms with Crippen LogP contribution in [-0.2, 0) is 11.3 Å². The molecule has 128 valence electrons. The molecule has 0 saturated heterocycles. The summed E-state index contributed by atoms with van der Waals surface area (Å²) in [6.45, 7) is 8.78. The average Bonchev–Trinajstić information content (AvgIpc) is 2.56. The lowest BCUT2D eigenvalue weighted by Crippen LogP contribution is -2.36. The van der Waals surface area contributed by atoms with E-state index in [4.69, 9.17) is 9.47 Å². The van der Waals surface area contributed by atoms with Crippen LogP contribution in [-0.4, -0.2) is 18.6 Å².